The maximum atomic E-state index is 10.5. The second kappa shape index (κ2) is 6.15. The van der Waals surface area contributed by atoms with Crippen LogP contribution >= 0.6 is 11.6 Å². The SMILES string of the molecule is O=CNNC(=O)NCCCl. The number of hydrogen-bond donors (Lipinski definition) is 3. The molecular weight excluding hydrogens is 158 g/mol. The number of rotatable bonds is 4. The lowest BCUT2D eigenvalue weighted by Gasteiger charge is -2.02. The molecule has 0 atom stereocenters. The highest BCUT2D eigenvalue weighted by molar-refractivity contribution is 6.18. The minimum atomic E-state index is -0.479. The van der Waals surface area contributed by atoms with Gasteiger partial charge in [0.25, 0.3) is 0 Å². The summed E-state index contributed by atoms with van der Waals surface area (Å²) >= 11 is 5.25. The lowest BCUT2D eigenvalue weighted by molar-refractivity contribution is -0.110. The first-order valence-electron chi connectivity index (χ1n) is 2.60. The van der Waals surface area contributed by atoms with Crippen LogP contribution in [0.25, 0.3) is 0 Å². The summed E-state index contributed by atoms with van der Waals surface area (Å²) in [6.07, 6.45) is 0.361. The summed E-state index contributed by atoms with van der Waals surface area (Å²) in [5, 5.41) is 2.36. The number of urea groups is 1. The summed E-state index contributed by atoms with van der Waals surface area (Å²) in [5.41, 5.74) is 4.01. The number of hydrazine groups is 1. The molecule has 0 saturated heterocycles. The molecule has 0 aromatic heterocycles. The van der Waals surface area contributed by atoms with Crippen LogP contribution in [0.15, 0.2) is 0 Å². The summed E-state index contributed by atoms with van der Waals surface area (Å²) in [6.45, 7) is 0.369. The van der Waals surface area contributed by atoms with Gasteiger partial charge in [-0.1, -0.05) is 0 Å². The second-order valence-corrected chi connectivity index (χ2v) is 1.71. The number of amides is 3. The zero-order valence-electron chi connectivity index (χ0n) is 5.19. The molecule has 58 valence electrons. The fourth-order valence-electron chi connectivity index (χ4n) is 0.300. The monoisotopic (exact) mass is 165 g/mol. The molecule has 0 aliphatic rings. The summed E-state index contributed by atoms with van der Waals surface area (Å²) in [5.74, 6) is 0.342. The minimum absolute atomic E-state index is 0.342. The largest absolute Gasteiger partial charge is 0.336 e. The molecular formula is C4H8ClN3O2. The van der Waals surface area contributed by atoms with Gasteiger partial charge in [-0.15, -0.1) is 11.6 Å². The Hall–Kier alpha value is -0.970. The van der Waals surface area contributed by atoms with Gasteiger partial charge in [-0.05, 0) is 0 Å². The van der Waals surface area contributed by atoms with Crippen molar-refractivity contribution in [1.82, 2.24) is 16.2 Å². The Bertz CT molecular complexity index is 119. The molecule has 0 aromatic carbocycles. The molecule has 0 radical (unpaired) electrons. The summed E-state index contributed by atoms with van der Waals surface area (Å²) in [6, 6.07) is -0.479. The number of alkyl halides is 1. The third-order valence-corrected chi connectivity index (χ3v) is 0.814. The fraction of sp³-hybridized carbons (Fsp3) is 0.500. The molecule has 3 amide bonds. The Balaban J connectivity index is 3.16. The van der Waals surface area contributed by atoms with Crippen molar-refractivity contribution in [2.24, 2.45) is 0 Å². The molecule has 3 N–H and O–H groups in total. The molecule has 0 heterocycles. The number of carbonyl (C=O) groups is 2. The Morgan fingerprint density at radius 1 is 1.60 bits per heavy atom. The molecule has 0 spiro atoms. The van der Waals surface area contributed by atoms with Gasteiger partial charge < -0.3 is 5.32 Å². The molecule has 0 fully saturated rings. The first kappa shape index (κ1) is 9.03. The van der Waals surface area contributed by atoms with E-state index in [1.807, 2.05) is 10.9 Å². The van der Waals surface area contributed by atoms with Crippen molar-refractivity contribution in [3.63, 3.8) is 0 Å². The second-order valence-electron chi connectivity index (χ2n) is 1.33. The predicted molar refractivity (Wildman–Crippen MR) is 36.5 cm³/mol. The maximum Gasteiger partial charge on any atom is 0.333 e. The molecule has 0 rings (SSSR count). The minimum Gasteiger partial charge on any atom is -0.336 e. The van der Waals surface area contributed by atoms with Gasteiger partial charge in [0, 0.05) is 12.4 Å². The smallest absolute Gasteiger partial charge is 0.333 e. The first-order valence-corrected chi connectivity index (χ1v) is 3.13. The van der Waals surface area contributed by atoms with Gasteiger partial charge in [-0.3, -0.25) is 10.2 Å². The summed E-state index contributed by atoms with van der Waals surface area (Å²) in [4.78, 5) is 20.1. The zero-order chi connectivity index (χ0) is 7.82. The van der Waals surface area contributed by atoms with E-state index in [4.69, 9.17) is 11.6 Å². The van der Waals surface area contributed by atoms with Crippen LogP contribution in [0.5, 0.6) is 0 Å². The molecule has 0 aromatic rings. The van der Waals surface area contributed by atoms with E-state index in [2.05, 4.69) is 5.32 Å². The average molecular weight is 166 g/mol. The molecule has 0 aliphatic heterocycles. The van der Waals surface area contributed by atoms with Gasteiger partial charge in [0.15, 0.2) is 0 Å². The standard InChI is InChI=1S/C4H8ClN3O2/c5-1-2-6-4(10)8-7-3-9/h3H,1-2H2,(H,7,9)(H2,6,8,10). The number of carbonyl (C=O) groups excluding carboxylic acids is 2. The van der Waals surface area contributed by atoms with Crippen molar-refractivity contribution in [3.05, 3.63) is 0 Å². The van der Waals surface area contributed by atoms with Crippen LogP contribution in [0, 0.1) is 0 Å². The quantitative estimate of drug-likeness (QED) is 0.290. The van der Waals surface area contributed by atoms with Crippen LogP contribution in [0.1, 0.15) is 0 Å². The van der Waals surface area contributed by atoms with E-state index in [9.17, 15) is 9.59 Å². The highest BCUT2D eigenvalue weighted by Crippen LogP contribution is 1.68. The van der Waals surface area contributed by atoms with Crippen LogP contribution in [0.3, 0.4) is 0 Å². The maximum absolute atomic E-state index is 10.5. The lowest BCUT2D eigenvalue weighted by Crippen LogP contribution is -2.44. The fourth-order valence-corrected chi connectivity index (χ4v) is 0.394. The van der Waals surface area contributed by atoms with Gasteiger partial charge in [0.1, 0.15) is 0 Å². The summed E-state index contributed by atoms with van der Waals surface area (Å²) < 4.78 is 0. The van der Waals surface area contributed by atoms with Crippen molar-refractivity contribution < 1.29 is 9.59 Å². The Labute approximate surface area is 63.1 Å². The van der Waals surface area contributed by atoms with E-state index in [1.54, 1.807) is 0 Å². The highest BCUT2D eigenvalue weighted by atomic mass is 35.5. The van der Waals surface area contributed by atoms with E-state index in [1.165, 1.54) is 0 Å². The third-order valence-electron chi connectivity index (χ3n) is 0.625. The Morgan fingerprint density at radius 3 is 2.80 bits per heavy atom. The van der Waals surface area contributed by atoms with Gasteiger partial charge in [0.2, 0.25) is 6.41 Å². The molecule has 6 heteroatoms. The van der Waals surface area contributed by atoms with Crippen molar-refractivity contribution in [2.75, 3.05) is 12.4 Å². The molecule has 0 unspecified atom stereocenters. The Kier molecular flexibility index (Phi) is 5.56. The predicted octanol–water partition coefficient (Wildman–Crippen LogP) is -0.815. The zero-order valence-corrected chi connectivity index (χ0v) is 5.94. The first-order chi connectivity index (χ1) is 4.81. The van der Waals surface area contributed by atoms with Gasteiger partial charge in [0.05, 0.1) is 0 Å². The van der Waals surface area contributed by atoms with Crippen molar-refractivity contribution in [1.29, 1.82) is 0 Å². The summed E-state index contributed by atoms with van der Waals surface area (Å²) in [7, 11) is 0. The normalized spacial score (nSPS) is 8.10. The highest BCUT2D eigenvalue weighted by Gasteiger charge is 1.93. The van der Waals surface area contributed by atoms with Crippen LogP contribution < -0.4 is 16.2 Å². The van der Waals surface area contributed by atoms with E-state index in [0.29, 0.717) is 18.8 Å². The number of halogens is 1. The van der Waals surface area contributed by atoms with Crippen LogP contribution in [-0.4, -0.2) is 24.9 Å². The molecule has 5 nitrogen and oxygen atoms in total. The third kappa shape index (κ3) is 5.17. The molecule has 10 heavy (non-hydrogen) atoms. The van der Waals surface area contributed by atoms with Crippen LogP contribution in [0.2, 0.25) is 0 Å². The topological polar surface area (TPSA) is 70.2 Å². The lowest BCUT2D eigenvalue weighted by atomic mass is 10.7. The van der Waals surface area contributed by atoms with Gasteiger partial charge in [-0.25, -0.2) is 10.2 Å². The van der Waals surface area contributed by atoms with E-state index < -0.39 is 6.03 Å². The van der Waals surface area contributed by atoms with E-state index in [-0.39, 0.29) is 0 Å². The van der Waals surface area contributed by atoms with Crippen molar-refractivity contribution >= 4 is 24.0 Å². The van der Waals surface area contributed by atoms with Crippen molar-refractivity contribution in [3.8, 4) is 0 Å². The number of nitrogens with one attached hydrogen (secondary N) is 3. The van der Waals surface area contributed by atoms with E-state index in [0.717, 1.165) is 0 Å². The molecule has 0 saturated carbocycles. The Morgan fingerprint density at radius 2 is 2.30 bits per heavy atom. The van der Waals surface area contributed by atoms with Crippen molar-refractivity contribution in [2.45, 2.75) is 0 Å². The molecule has 0 bridgehead atoms. The van der Waals surface area contributed by atoms with Gasteiger partial charge in [-0.2, -0.15) is 0 Å². The van der Waals surface area contributed by atoms with Crippen LogP contribution in [-0.2, 0) is 4.79 Å². The van der Waals surface area contributed by atoms with Gasteiger partial charge >= 0.3 is 6.03 Å². The van der Waals surface area contributed by atoms with E-state index >= 15 is 0 Å². The van der Waals surface area contributed by atoms with Crippen LogP contribution in [0.4, 0.5) is 4.79 Å². The number of hydrogen-bond acceptors (Lipinski definition) is 2. The average Bonchev–Trinajstić information content (AvgIpc) is 1.97. The molecule has 0 aliphatic carbocycles.